The van der Waals surface area contributed by atoms with E-state index in [-0.39, 0.29) is 34.7 Å². The van der Waals surface area contributed by atoms with E-state index in [0.29, 0.717) is 22.6 Å². The lowest BCUT2D eigenvalue weighted by molar-refractivity contribution is -0.123. The molecule has 8 nitrogen and oxygen atoms in total. The van der Waals surface area contributed by atoms with Gasteiger partial charge in [0, 0.05) is 18.1 Å². The van der Waals surface area contributed by atoms with Gasteiger partial charge in [-0.15, -0.1) is 0 Å². The Morgan fingerprint density at radius 3 is 2.71 bits per heavy atom. The van der Waals surface area contributed by atoms with Crippen molar-refractivity contribution in [1.82, 2.24) is 15.0 Å². The van der Waals surface area contributed by atoms with E-state index in [1.807, 2.05) is 20.8 Å². The first-order chi connectivity index (χ1) is 13.2. The van der Waals surface area contributed by atoms with E-state index in [1.54, 1.807) is 25.3 Å². The van der Waals surface area contributed by atoms with Crippen molar-refractivity contribution < 1.29 is 14.6 Å². The number of pyridine rings is 1. The van der Waals surface area contributed by atoms with E-state index in [1.165, 1.54) is 12.4 Å². The number of hydrogen-bond acceptors (Lipinski definition) is 6. The number of phenols is 1. The van der Waals surface area contributed by atoms with Gasteiger partial charge >= 0.3 is 0 Å². The highest BCUT2D eigenvalue weighted by Gasteiger charge is 2.22. The number of methoxy groups -OCH3 is 1. The number of carbonyl (C=O) groups is 1. The molecule has 0 unspecified atom stereocenters. The maximum absolute atomic E-state index is 12.2. The second-order valence-electron chi connectivity index (χ2n) is 7.45. The molecule has 1 amide bonds. The lowest BCUT2D eigenvalue weighted by Gasteiger charge is -2.18. The number of nitrogens with one attached hydrogen (secondary N) is 2. The van der Waals surface area contributed by atoms with E-state index >= 15 is 0 Å². The monoisotopic (exact) mass is 382 g/mol. The maximum atomic E-state index is 12.2. The summed E-state index contributed by atoms with van der Waals surface area (Å²) >= 11 is 0. The van der Waals surface area contributed by atoms with Crippen LogP contribution in [0.5, 0.6) is 5.75 Å². The van der Waals surface area contributed by atoms with E-state index in [2.05, 4.69) is 20.3 Å². The summed E-state index contributed by atoms with van der Waals surface area (Å²) in [5.74, 6) is 0.143. The fourth-order valence-corrected chi connectivity index (χ4v) is 2.70. The predicted octanol–water partition coefficient (Wildman–Crippen LogP) is 2.82. The lowest BCUT2D eigenvalue weighted by atomic mass is 9.96. The number of hydrogen-bond donors (Lipinski definition) is 3. The molecule has 3 N–H and O–H groups in total. The van der Waals surface area contributed by atoms with Crippen LogP contribution in [0.15, 0.2) is 35.4 Å². The molecule has 0 atom stereocenters. The molecule has 0 aliphatic heterocycles. The van der Waals surface area contributed by atoms with Crippen LogP contribution >= 0.6 is 0 Å². The van der Waals surface area contributed by atoms with Crippen molar-refractivity contribution in [3.63, 3.8) is 0 Å². The Morgan fingerprint density at radius 2 is 2.04 bits per heavy atom. The molecule has 8 heteroatoms. The van der Waals surface area contributed by atoms with Crippen molar-refractivity contribution in [2.24, 2.45) is 5.41 Å². The van der Waals surface area contributed by atoms with Gasteiger partial charge in [-0.05, 0) is 29.8 Å². The minimum Gasteiger partial charge on any atom is -0.506 e. The Balaban J connectivity index is 2.09. The molecule has 1 aromatic carbocycles. The number of aromatic amines is 1. The van der Waals surface area contributed by atoms with Gasteiger partial charge in [0.05, 0.1) is 24.0 Å². The summed E-state index contributed by atoms with van der Waals surface area (Å²) in [6, 6.07) is 6.61. The molecule has 2 aromatic heterocycles. The average molecular weight is 382 g/mol. The average Bonchev–Trinajstić information content (AvgIpc) is 2.62. The third kappa shape index (κ3) is 3.86. The van der Waals surface area contributed by atoms with Crippen LogP contribution in [-0.2, 0) is 16.1 Å². The van der Waals surface area contributed by atoms with Gasteiger partial charge in [0.15, 0.2) is 0 Å². The Morgan fingerprint density at radius 1 is 1.29 bits per heavy atom. The van der Waals surface area contributed by atoms with Crippen LogP contribution in [-0.4, -0.2) is 33.1 Å². The Kier molecular flexibility index (Phi) is 5.15. The normalized spacial score (nSPS) is 11.6. The molecule has 0 spiro atoms. The molecule has 0 saturated carbocycles. The number of benzene rings is 1. The number of H-pyrrole nitrogens is 1. The van der Waals surface area contributed by atoms with Gasteiger partial charge in [-0.1, -0.05) is 20.8 Å². The van der Waals surface area contributed by atoms with Gasteiger partial charge in [0.1, 0.15) is 17.1 Å². The first kappa shape index (κ1) is 19.5. The number of aromatic hydroxyl groups is 1. The van der Waals surface area contributed by atoms with E-state index < -0.39 is 5.41 Å². The predicted molar refractivity (Wildman–Crippen MR) is 106 cm³/mol. The minimum atomic E-state index is -0.556. The highest BCUT2D eigenvalue weighted by molar-refractivity contribution is 5.94. The molecular weight excluding hydrogens is 360 g/mol. The molecule has 0 fully saturated rings. The Bertz CT molecular complexity index is 1100. The van der Waals surface area contributed by atoms with Crippen molar-refractivity contribution >= 4 is 22.6 Å². The van der Waals surface area contributed by atoms with E-state index in [9.17, 15) is 14.7 Å². The number of rotatable bonds is 4. The number of amides is 1. The second kappa shape index (κ2) is 7.40. The number of fused-ring (bicyclic) bond motifs is 1. The summed E-state index contributed by atoms with van der Waals surface area (Å²) in [6.45, 7) is 5.64. The van der Waals surface area contributed by atoms with Crippen LogP contribution in [0.25, 0.3) is 22.0 Å². The smallest absolute Gasteiger partial charge is 0.258 e. The largest absolute Gasteiger partial charge is 0.506 e. The minimum absolute atomic E-state index is 0.105. The fraction of sp³-hybridized carbons (Fsp3) is 0.300. The summed E-state index contributed by atoms with van der Waals surface area (Å²) in [7, 11) is 1.54. The van der Waals surface area contributed by atoms with Crippen molar-refractivity contribution in [2.75, 3.05) is 12.4 Å². The first-order valence-corrected chi connectivity index (χ1v) is 8.72. The van der Waals surface area contributed by atoms with Gasteiger partial charge in [-0.2, -0.15) is 0 Å². The van der Waals surface area contributed by atoms with E-state index in [0.717, 1.165) is 0 Å². The van der Waals surface area contributed by atoms with Crippen LogP contribution in [0.2, 0.25) is 0 Å². The van der Waals surface area contributed by atoms with Crippen LogP contribution in [0.4, 0.5) is 5.82 Å². The molecule has 146 valence electrons. The number of phenolic OH excluding ortho intramolecular Hbond substituents is 1. The molecule has 3 rings (SSSR count). The fourth-order valence-electron chi connectivity index (χ4n) is 2.70. The number of nitrogens with zero attached hydrogens (tertiary/aromatic N) is 2. The lowest BCUT2D eigenvalue weighted by Crippen LogP contribution is -2.28. The summed E-state index contributed by atoms with van der Waals surface area (Å²) in [6.07, 6.45) is 1.24. The molecular formula is C20H22N4O4. The van der Waals surface area contributed by atoms with Gasteiger partial charge in [0.25, 0.3) is 5.56 Å². The number of aromatic nitrogens is 3. The Labute approximate surface area is 161 Å². The van der Waals surface area contributed by atoms with Crippen LogP contribution in [0.1, 0.15) is 26.5 Å². The molecule has 0 saturated heterocycles. The van der Waals surface area contributed by atoms with Gasteiger partial charge in [0.2, 0.25) is 5.91 Å². The zero-order valence-corrected chi connectivity index (χ0v) is 16.2. The number of carbonyl (C=O) groups excluding carboxylic acids is 1. The van der Waals surface area contributed by atoms with Gasteiger partial charge < -0.3 is 20.1 Å². The zero-order chi connectivity index (χ0) is 20.5. The first-order valence-electron chi connectivity index (χ1n) is 8.72. The van der Waals surface area contributed by atoms with Crippen LogP contribution in [0, 0.1) is 5.41 Å². The number of anilines is 1. The Hall–Kier alpha value is -3.26. The van der Waals surface area contributed by atoms with E-state index in [4.69, 9.17) is 4.74 Å². The topological polar surface area (TPSA) is 117 Å². The summed E-state index contributed by atoms with van der Waals surface area (Å²) in [4.78, 5) is 35.3. The molecule has 3 aromatic rings. The summed E-state index contributed by atoms with van der Waals surface area (Å²) < 4.78 is 5.24. The van der Waals surface area contributed by atoms with Gasteiger partial charge in [-0.3, -0.25) is 9.59 Å². The molecule has 2 heterocycles. The second-order valence-corrected chi connectivity index (χ2v) is 7.45. The highest BCUT2D eigenvalue weighted by atomic mass is 16.5. The molecule has 0 aliphatic carbocycles. The molecule has 28 heavy (non-hydrogen) atoms. The number of ether oxygens (including phenoxy) is 1. The third-order valence-corrected chi connectivity index (χ3v) is 4.21. The standard InChI is InChI=1S/C20H22N4O4/c1-20(2,3)19(27)24-16-6-5-12(14(23-16)9-28-4)11-7-13-17(15(25)8-11)21-10-22-18(13)26/h5-8,10,25H,9H2,1-4H3,(H,21,22,26)(H,23,24,27). The van der Waals surface area contributed by atoms with Crippen molar-refractivity contribution in [1.29, 1.82) is 0 Å². The molecule has 0 bridgehead atoms. The quantitative estimate of drug-likeness (QED) is 0.639. The summed E-state index contributed by atoms with van der Waals surface area (Å²) in [5.41, 5.74) is 1.15. The maximum Gasteiger partial charge on any atom is 0.258 e. The zero-order valence-electron chi connectivity index (χ0n) is 16.2. The molecule has 0 aliphatic rings. The molecule has 0 radical (unpaired) electrons. The van der Waals surface area contributed by atoms with Crippen LogP contribution in [0.3, 0.4) is 0 Å². The van der Waals surface area contributed by atoms with Crippen LogP contribution < -0.4 is 10.9 Å². The summed E-state index contributed by atoms with van der Waals surface area (Å²) in [5, 5.41) is 13.4. The third-order valence-electron chi connectivity index (χ3n) is 4.21. The van der Waals surface area contributed by atoms with Crippen molar-refractivity contribution in [2.45, 2.75) is 27.4 Å². The highest BCUT2D eigenvalue weighted by Crippen LogP contribution is 2.31. The SMILES string of the molecule is COCc1nc(NC(=O)C(C)(C)C)ccc1-c1cc(O)c2nc[nH]c(=O)c2c1. The van der Waals surface area contributed by atoms with Crippen molar-refractivity contribution in [3.8, 4) is 16.9 Å². The van der Waals surface area contributed by atoms with Crippen molar-refractivity contribution in [3.05, 3.63) is 46.6 Å². The van der Waals surface area contributed by atoms with Gasteiger partial charge in [-0.25, -0.2) is 9.97 Å².